The zero-order chi connectivity index (χ0) is 14.7. The van der Waals surface area contributed by atoms with Crippen molar-refractivity contribution in [3.05, 3.63) is 64.7 Å². The van der Waals surface area contributed by atoms with Crippen LogP contribution in [0.1, 0.15) is 30.1 Å². The van der Waals surface area contributed by atoms with Crippen LogP contribution in [0.5, 0.6) is 0 Å². The summed E-state index contributed by atoms with van der Waals surface area (Å²) >= 11 is 7.86. The Morgan fingerprint density at radius 2 is 1.90 bits per heavy atom. The van der Waals surface area contributed by atoms with Gasteiger partial charge in [-0.25, -0.2) is 0 Å². The van der Waals surface area contributed by atoms with Gasteiger partial charge in [0.05, 0.1) is 12.7 Å². The molecule has 0 spiro atoms. The Morgan fingerprint density at radius 1 is 1.10 bits per heavy atom. The van der Waals surface area contributed by atoms with Gasteiger partial charge in [-0.05, 0) is 49.6 Å². The minimum absolute atomic E-state index is 0.219. The molecule has 0 radical (unpaired) electrons. The van der Waals surface area contributed by atoms with Gasteiger partial charge in [-0.3, -0.25) is 0 Å². The summed E-state index contributed by atoms with van der Waals surface area (Å²) < 4.78 is 6.06. The number of ether oxygens (including phenoxy) is 1. The molecule has 21 heavy (non-hydrogen) atoms. The van der Waals surface area contributed by atoms with E-state index in [4.69, 9.17) is 16.3 Å². The second kappa shape index (κ2) is 6.87. The predicted molar refractivity (Wildman–Crippen MR) is 90.2 cm³/mol. The highest BCUT2D eigenvalue weighted by molar-refractivity contribution is 8.00. The maximum Gasteiger partial charge on any atom is 0.0825 e. The fourth-order valence-corrected chi connectivity index (χ4v) is 3.96. The molecule has 110 valence electrons. The molecular formula is C18H19ClOS. The largest absolute Gasteiger partial charge is 0.372 e. The summed E-state index contributed by atoms with van der Waals surface area (Å²) in [5, 5.41) is 1.33. The SMILES string of the molecule is Cc1cccc(SC2CCC(c3ccc(Cl)cc3)OC2)c1. The van der Waals surface area contributed by atoms with Gasteiger partial charge in [0.2, 0.25) is 0 Å². The van der Waals surface area contributed by atoms with E-state index in [0.717, 1.165) is 18.1 Å². The first kappa shape index (κ1) is 15.0. The minimum atomic E-state index is 0.219. The maximum absolute atomic E-state index is 6.06. The minimum Gasteiger partial charge on any atom is -0.372 e. The topological polar surface area (TPSA) is 9.23 Å². The fraction of sp³-hybridized carbons (Fsp3) is 0.333. The lowest BCUT2D eigenvalue weighted by Crippen LogP contribution is -2.22. The normalized spacial score (nSPS) is 22.2. The van der Waals surface area contributed by atoms with E-state index in [-0.39, 0.29) is 6.10 Å². The van der Waals surface area contributed by atoms with E-state index in [9.17, 15) is 0 Å². The third-order valence-electron chi connectivity index (χ3n) is 3.77. The number of aryl methyl sites for hydroxylation is 1. The molecule has 0 N–H and O–H groups in total. The van der Waals surface area contributed by atoms with E-state index < -0.39 is 0 Å². The zero-order valence-corrected chi connectivity index (χ0v) is 13.7. The zero-order valence-electron chi connectivity index (χ0n) is 12.1. The molecular weight excluding hydrogens is 300 g/mol. The Labute approximate surface area is 135 Å². The smallest absolute Gasteiger partial charge is 0.0825 e. The Kier molecular flexibility index (Phi) is 4.89. The van der Waals surface area contributed by atoms with Gasteiger partial charge in [0, 0.05) is 15.2 Å². The van der Waals surface area contributed by atoms with Crippen LogP contribution in [-0.2, 0) is 4.74 Å². The third-order valence-corrected chi connectivity index (χ3v) is 5.25. The number of thioether (sulfide) groups is 1. The number of hydrogen-bond acceptors (Lipinski definition) is 2. The second-order valence-electron chi connectivity index (χ2n) is 5.51. The van der Waals surface area contributed by atoms with E-state index in [0.29, 0.717) is 5.25 Å². The Balaban J connectivity index is 1.56. The van der Waals surface area contributed by atoms with Gasteiger partial charge >= 0.3 is 0 Å². The van der Waals surface area contributed by atoms with Crippen molar-refractivity contribution in [3.8, 4) is 0 Å². The molecule has 0 bridgehead atoms. The van der Waals surface area contributed by atoms with E-state index in [2.05, 4.69) is 43.3 Å². The van der Waals surface area contributed by atoms with Crippen LogP contribution < -0.4 is 0 Å². The van der Waals surface area contributed by atoms with Crippen LogP contribution in [-0.4, -0.2) is 11.9 Å². The molecule has 2 atom stereocenters. The second-order valence-corrected chi connectivity index (χ2v) is 7.32. The van der Waals surface area contributed by atoms with Gasteiger partial charge in [0.1, 0.15) is 0 Å². The molecule has 0 amide bonds. The number of rotatable bonds is 3. The lowest BCUT2D eigenvalue weighted by Gasteiger charge is -2.29. The predicted octanol–water partition coefficient (Wildman–Crippen LogP) is 5.66. The van der Waals surface area contributed by atoms with Gasteiger partial charge in [-0.1, -0.05) is 41.4 Å². The van der Waals surface area contributed by atoms with E-state index >= 15 is 0 Å². The standard InChI is InChI=1S/C18H19ClOS/c1-13-3-2-4-16(11-13)21-17-9-10-18(20-12-17)14-5-7-15(19)8-6-14/h2-8,11,17-18H,9-10,12H2,1H3. The molecule has 1 heterocycles. The molecule has 1 saturated heterocycles. The quantitative estimate of drug-likeness (QED) is 0.722. The van der Waals surface area contributed by atoms with Crippen molar-refractivity contribution in [2.75, 3.05) is 6.61 Å². The summed E-state index contributed by atoms with van der Waals surface area (Å²) in [6.07, 6.45) is 2.48. The molecule has 1 aliphatic heterocycles. The van der Waals surface area contributed by atoms with Gasteiger partial charge in [-0.2, -0.15) is 0 Å². The van der Waals surface area contributed by atoms with Gasteiger partial charge in [-0.15, -0.1) is 11.8 Å². The van der Waals surface area contributed by atoms with Crippen LogP contribution in [0.25, 0.3) is 0 Å². The van der Waals surface area contributed by atoms with Crippen molar-refractivity contribution < 1.29 is 4.74 Å². The third kappa shape index (κ3) is 4.03. The first-order valence-corrected chi connectivity index (χ1v) is 8.57. The van der Waals surface area contributed by atoms with Crippen LogP contribution in [0.4, 0.5) is 0 Å². The Hall–Kier alpha value is -0.960. The van der Waals surface area contributed by atoms with Gasteiger partial charge in [0.25, 0.3) is 0 Å². The van der Waals surface area contributed by atoms with Crippen molar-refractivity contribution in [1.82, 2.24) is 0 Å². The first-order valence-electron chi connectivity index (χ1n) is 7.31. The first-order chi connectivity index (χ1) is 10.2. The molecule has 2 aromatic carbocycles. The number of benzene rings is 2. The van der Waals surface area contributed by atoms with Crippen LogP contribution >= 0.6 is 23.4 Å². The molecule has 1 aliphatic rings. The molecule has 2 aromatic rings. The molecule has 1 fully saturated rings. The number of halogens is 1. The highest BCUT2D eigenvalue weighted by Gasteiger charge is 2.23. The van der Waals surface area contributed by atoms with Crippen LogP contribution in [0.15, 0.2) is 53.4 Å². The number of hydrogen-bond donors (Lipinski definition) is 0. The fourth-order valence-electron chi connectivity index (χ4n) is 2.64. The lowest BCUT2D eigenvalue weighted by atomic mass is 10.0. The van der Waals surface area contributed by atoms with Gasteiger partial charge in [0.15, 0.2) is 0 Å². The van der Waals surface area contributed by atoms with Crippen LogP contribution in [0.2, 0.25) is 5.02 Å². The monoisotopic (exact) mass is 318 g/mol. The van der Waals surface area contributed by atoms with Crippen molar-refractivity contribution in [1.29, 1.82) is 0 Å². The lowest BCUT2D eigenvalue weighted by molar-refractivity contribution is 0.0187. The summed E-state index contributed by atoms with van der Waals surface area (Å²) in [5.41, 5.74) is 2.55. The molecule has 3 rings (SSSR count). The molecule has 0 saturated carbocycles. The summed E-state index contributed by atoms with van der Waals surface area (Å²) in [5.74, 6) is 0. The molecule has 2 unspecified atom stereocenters. The van der Waals surface area contributed by atoms with Crippen molar-refractivity contribution in [2.45, 2.75) is 36.0 Å². The van der Waals surface area contributed by atoms with Crippen LogP contribution in [0.3, 0.4) is 0 Å². The van der Waals surface area contributed by atoms with E-state index in [1.807, 2.05) is 23.9 Å². The van der Waals surface area contributed by atoms with Crippen LogP contribution in [0, 0.1) is 6.92 Å². The molecule has 3 heteroatoms. The van der Waals surface area contributed by atoms with Crippen molar-refractivity contribution >= 4 is 23.4 Å². The van der Waals surface area contributed by atoms with Gasteiger partial charge < -0.3 is 4.74 Å². The van der Waals surface area contributed by atoms with E-state index in [1.165, 1.54) is 22.4 Å². The molecule has 0 aliphatic carbocycles. The van der Waals surface area contributed by atoms with Crippen molar-refractivity contribution in [2.24, 2.45) is 0 Å². The average molecular weight is 319 g/mol. The summed E-state index contributed by atoms with van der Waals surface area (Å²) in [6, 6.07) is 16.7. The highest BCUT2D eigenvalue weighted by atomic mass is 35.5. The van der Waals surface area contributed by atoms with E-state index in [1.54, 1.807) is 0 Å². The Morgan fingerprint density at radius 3 is 2.57 bits per heavy atom. The average Bonchev–Trinajstić information content (AvgIpc) is 2.49. The highest BCUT2D eigenvalue weighted by Crippen LogP contribution is 2.36. The summed E-state index contributed by atoms with van der Waals surface area (Å²) in [4.78, 5) is 1.34. The molecule has 0 aromatic heterocycles. The molecule has 1 nitrogen and oxygen atoms in total. The summed E-state index contributed by atoms with van der Waals surface area (Å²) in [7, 11) is 0. The summed E-state index contributed by atoms with van der Waals surface area (Å²) in [6.45, 7) is 2.95. The Bertz CT molecular complexity index is 588. The van der Waals surface area contributed by atoms with Crippen molar-refractivity contribution in [3.63, 3.8) is 0 Å². The maximum atomic E-state index is 6.06.